The van der Waals surface area contributed by atoms with Gasteiger partial charge in [0.05, 0.1) is 5.39 Å². The summed E-state index contributed by atoms with van der Waals surface area (Å²) in [5, 5.41) is 4.01. The highest BCUT2D eigenvalue weighted by Gasteiger charge is 2.30. The van der Waals surface area contributed by atoms with Crippen molar-refractivity contribution in [2.75, 3.05) is 0 Å². The highest BCUT2D eigenvalue weighted by atomic mass is 32.2. The molecule has 1 atom stereocenters. The summed E-state index contributed by atoms with van der Waals surface area (Å²) >= 11 is 2.96. The standard InChI is InChI=1S/C24H29N3O2S2/c1-4-18-14-19-22(30-18)26-24(27(23(19)29)13-12-15(2)3)31-20(16-8-6-5-7-9-16)21(28)25-17-10-11-17/h5-9,14-15,17,20H,4,10-13H2,1-3H3,(H,25,28)/t20-/m1/s1. The molecule has 1 amide bonds. The summed E-state index contributed by atoms with van der Waals surface area (Å²) < 4.78 is 1.78. The van der Waals surface area contributed by atoms with E-state index in [1.54, 1.807) is 15.9 Å². The van der Waals surface area contributed by atoms with Crippen LogP contribution in [0.1, 0.15) is 55.7 Å². The molecule has 164 valence electrons. The number of carbonyl (C=O) groups excluding carboxylic acids is 1. The van der Waals surface area contributed by atoms with Crippen LogP contribution in [0.4, 0.5) is 0 Å². The average Bonchev–Trinajstić information content (AvgIpc) is 3.47. The highest BCUT2D eigenvalue weighted by Crippen LogP contribution is 2.36. The quantitative estimate of drug-likeness (QED) is 0.357. The molecule has 1 saturated carbocycles. The molecule has 0 aliphatic heterocycles. The third-order valence-electron chi connectivity index (χ3n) is 5.43. The second-order valence-corrected chi connectivity index (χ2v) is 10.7. The summed E-state index contributed by atoms with van der Waals surface area (Å²) in [4.78, 5) is 33.3. The van der Waals surface area contributed by atoms with Crippen molar-refractivity contribution in [1.82, 2.24) is 14.9 Å². The number of nitrogens with zero attached hydrogens (tertiary/aromatic N) is 2. The number of nitrogens with one attached hydrogen (secondary N) is 1. The molecule has 0 unspecified atom stereocenters. The van der Waals surface area contributed by atoms with Gasteiger partial charge in [-0.25, -0.2) is 4.98 Å². The minimum Gasteiger partial charge on any atom is -0.352 e. The lowest BCUT2D eigenvalue weighted by atomic mass is 10.1. The van der Waals surface area contributed by atoms with Gasteiger partial charge in [-0.3, -0.25) is 14.2 Å². The lowest BCUT2D eigenvalue weighted by molar-refractivity contribution is -0.120. The van der Waals surface area contributed by atoms with Crippen molar-refractivity contribution in [3.05, 3.63) is 57.2 Å². The number of hydrogen-bond donors (Lipinski definition) is 1. The van der Waals surface area contributed by atoms with Crippen LogP contribution in [-0.2, 0) is 17.8 Å². The lowest BCUT2D eigenvalue weighted by Gasteiger charge is -2.19. The summed E-state index contributed by atoms with van der Waals surface area (Å²) in [6, 6.07) is 12.0. The summed E-state index contributed by atoms with van der Waals surface area (Å²) in [5.74, 6) is 0.459. The molecule has 1 aliphatic rings. The fourth-order valence-corrected chi connectivity index (χ4v) is 5.55. The lowest BCUT2D eigenvalue weighted by Crippen LogP contribution is -2.31. The number of hydrogen-bond acceptors (Lipinski definition) is 5. The smallest absolute Gasteiger partial charge is 0.262 e. The molecule has 4 rings (SSSR count). The Labute approximate surface area is 191 Å². The molecule has 1 aliphatic carbocycles. The molecular formula is C24H29N3O2S2. The van der Waals surface area contributed by atoms with Gasteiger partial charge in [0.25, 0.3) is 5.56 Å². The monoisotopic (exact) mass is 455 g/mol. The van der Waals surface area contributed by atoms with E-state index in [0.717, 1.165) is 41.0 Å². The van der Waals surface area contributed by atoms with Gasteiger partial charge in [0.2, 0.25) is 5.91 Å². The van der Waals surface area contributed by atoms with Crippen LogP contribution in [0.2, 0.25) is 0 Å². The van der Waals surface area contributed by atoms with Crippen molar-refractivity contribution in [1.29, 1.82) is 0 Å². The Hall–Kier alpha value is -2.12. The van der Waals surface area contributed by atoms with Crippen molar-refractivity contribution in [3.8, 4) is 0 Å². The summed E-state index contributed by atoms with van der Waals surface area (Å²) in [6.07, 6.45) is 3.84. The number of amides is 1. The number of thiophene rings is 1. The largest absolute Gasteiger partial charge is 0.352 e. The van der Waals surface area contributed by atoms with Gasteiger partial charge in [-0.1, -0.05) is 62.9 Å². The zero-order valence-electron chi connectivity index (χ0n) is 18.3. The number of rotatable bonds is 9. The normalized spacial score (nSPS) is 14.8. The number of benzene rings is 1. The van der Waals surface area contributed by atoms with Crippen LogP contribution >= 0.6 is 23.1 Å². The van der Waals surface area contributed by atoms with Gasteiger partial charge in [0, 0.05) is 17.5 Å². The maximum absolute atomic E-state index is 13.4. The molecule has 1 aromatic carbocycles. The van der Waals surface area contributed by atoms with Crippen LogP contribution in [0.25, 0.3) is 10.2 Å². The van der Waals surface area contributed by atoms with E-state index in [1.165, 1.54) is 11.8 Å². The van der Waals surface area contributed by atoms with Crippen molar-refractivity contribution >= 4 is 39.2 Å². The van der Waals surface area contributed by atoms with E-state index >= 15 is 0 Å². The topological polar surface area (TPSA) is 64.0 Å². The number of fused-ring (bicyclic) bond motifs is 1. The first-order valence-corrected chi connectivity index (χ1v) is 12.7. The molecule has 2 aromatic heterocycles. The SMILES string of the molecule is CCc1cc2c(=O)n(CCC(C)C)c(S[C@@H](C(=O)NC3CC3)c3ccccc3)nc2s1. The van der Waals surface area contributed by atoms with Gasteiger partial charge in [0.1, 0.15) is 10.1 Å². The Morgan fingerprint density at radius 2 is 2.03 bits per heavy atom. The fraction of sp³-hybridized carbons (Fsp3) is 0.458. The number of carbonyl (C=O) groups is 1. The van der Waals surface area contributed by atoms with Gasteiger partial charge in [-0.15, -0.1) is 11.3 Å². The molecule has 1 fully saturated rings. The molecule has 3 aromatic rings. The zero-order chi connectivity index (χ0) is 22.0. The number of aromatic nitrogens is 2. The first kappa shape index (κ1) is 22.1. The van der Waals surface area contributed by atoms with Crippen LogP contribution in [0.3, 0.4) is 0 Å². The average molecular weight is 456 g/mol. The molecule has 0 bridgehead atoms. The number of aryl methyl sites for hydroxylation is 1. The van der Waals surface area contributed by atoms with Gasteiger partial charge in [-0.2, -0.15) is 0 Å². The third-order valence-corrected chi connectivity index (χ3v) is 7.85. The zero-order valence-corrected chi connectivity index (χ0v) is 19.9. The first-order chi connectivity index (χ1) is 15.0. The molecular weight excluding hydrogens is 426 g/mol. The van der Waals surface area contributed by atoms with Crippen molar-refractivity contribution in [2.24, 2.45) is 5.92 Å². The highest BCUT2D eigenvalue weighted by molar-refractivity contribution is 8.00. The summed E-state index contributed by atoms with van der Waals surface area (Å²) in [6.45, 7) is 7.00. The summed E-state index contributed by atoms with van der Waals surface area (Å²) in [5.41, 5.74) is 0.925. The van der Waals surface area contributed by atoms with Gasteiger partial charge >= 0.3 is 0 Å². The Balaban J connectivity index is 1.76. The fourth-order valence-electron chi connectivity index (χ4n) is 3.41. The van der Waals surface area contributed by atoms with Gasteiger partial charge < -0.3 is 5.32 Å². The maximum atomic E-state index is 13.4. The molecule has 0 radical (unpaired) electrons. The minimum atomic E-state index is -0.443. The summed E-state index contributed by atoms with van der Waals surface area (Å²) in [7, 11) is 0. The van der Waals surface area contributed by atoms with E-state index in [1.807, 2.05) is 36.4 Å². The van der Waals surface area contributed by atoms with E-state index in [-0.39, 0.29) is 17.5 Å². The van der Waals surface area contributed by atoms with Crippen LogP contribution in [0.5, 0.6) is 0 Å². The van der Waals surface area contributed by atoms with Gasteiger partial charge in [-0.05, 0) is 43.2 Å². The van der Waals surface area contributed by atoms with Crippen LogP contribution < -0.4 is 10.9 Å². The third kappa shape index (κ3) is 5.21. The Kier molecular flexibility index (Phi) is 6.82. The van der Waals surface area contributed by atoms with E-state index in [0.29, 0.717) is 23.0 Å². The van der Waals surface area contributed by atoms with E-state index in [2.05, 4.69) is 26.1 Å². The van der Waals surface area contributed by atoms with Crippen molar-refractivity contribution in [2.45, 2.75) is 69.4 Å². The van der Waals surface area contributed by atoms with Gasteiger partial charge in [0.15, 0.2) is 5.16 Å². The molecule has 31 heavy (non-hydrogen) atoms. The Morgan fingerprint density at radius 3 is 2.68 bits per heavy atom. The Morgan fingerprint density at radius 1 is 1.29 bits per heavy atom. The molecule has 5 nitrogen and oxygen atoms in total. The predicted molar refractivity (Wildman–Crippen MR) is 129 cm³/mol. The second kappa shape index (κ2) is 9.57. The van der Waals surface area contributed by atoms with E-state index in [9.17, 15) is 9.59 Å². The molecule has 0 saturated heterocycles. The molecule has 1 N–H and O–H groups in total. The van der Waals surface area contributed by atoms with Crippen molar-refractivity contribution in [3.63, 3.8) is 0 Å². The van der Waals surface area contributed by atoms with E-state index < -0.39 is 5.25 Å². The first-order valence-electron chi connectivity index (χ1n) is 11.0. The molecule has 7 heteroatoms. The molecule has 2 heterocycles. The maximum Gasteiger partial charge on any atom is 0.262 e. The van der Waals surface area contributed by atoms with Crippen LogP contribution in [0, 0.1) is 5.92 Å². The molecule has 0 spiro atoms. The Bertz CT molecular complexity index is 1120. The second-order valence-electron chi connectivity index (χ2n) is 8.51. The van der Waals surface area contributed by atoms with Crippen LogP contribution in [-0.4, -0.2) is 21.5 Å². The van der Waals surface area contributed by atoms with E-state index in [4.69, 9.17) is 4.98 Å². The minimum absolute atomic E-state index is 0.00138. The van der Waals surface area contributed by atoms with Crippen LogP contribution in [0.15, 0.2) is 46.3 Å². The predicted octanol–water partition coefficient (Wildman–Crippen LogP) is 5.18. The van der Waals surface area contributed by atoms with Crippen molar-refractivity contribution < 1.29 is 4.79 Å². The number of thioether (sulfide) groups is 1.